The number of halogens is 1. The van der Waals surface area contributed by atoms with Gasteiger partial charge >= 0.3 is 0 Å². The molecule has 0 aliphatic rings. The molecule has 0 radical (unpaired) electrons. The highest BCUT2D eigenvalue weighted by molar-refractivity contribution is 6.31. The highest BCUT2D eigenvalue weighted by Gasteiger charge is 2.18. The molecule has 26 heavy (non-hydrogen) atoms. The van der Waals surface area contributed by atoms with Gasteiger partial charge in [-0.25, -0.2) is 9.97 Å². The average molecular weight is 368 g/mol. The Balaban J connectivity index is 1.70. The average Bonchev–Trinajstić information content (AvgIpc) is 2.67. The summed E-state index contributed by atoms with van der Waals surface area (Å²) in [7, 11) is 0. The van der Waals surface area contributed by atoms with Crippen LogP contribution in [0.4, 0.5) is 5.95 Å². The van der Waals surface area contributed by atoms with E-state index in [-0.39, 0.29) is 0 Å². The molecular formula is C19H18ClN5O. The Morgan fingerprint density at radius 3 is 2.54 bits per heavy atom. The van der Waals surface area contributed by atoms with E-state index in [0.717, 1.165) is 11.1 Å². The zero-order valence-corrected chi connectivity index (χ0v) is 14.7. The highest BCUT2D eigenvalue weighted by Crippen LogP contribution is 2.19. The van der Waals surface area contributed by atoms with Crippen molar-refractivity contribution in [3.63, 3.8) is 0 Å². The summed E-state index contributed by atoms with van der Waals surface area (Å²) in [6.07, 6.45) is 1.88. The van der Waals surface area contributed by atoms with Crippen molar-refractivity contribution < 1.29 is 4.79 Å². The summed E-state index contributed by atoms with van der Waals surface area (Å²) in [4.78, 5) is 24.5. The number of hydrogen-bond donors (Lipinski definition) is 2. The fraction of sp³-hybridized carbons (Fsp3) is 0.158. The molecule has 0 saturated heterocycles. The van der Waals surface area contributed by atoms with Crippen LogP contribution < -0.4 is 11.1 Å². The monoisotopic (exact) mass is 367 g/mol. The largest absolute Gasteiger partial charge is 0.369 e. The molecule has 7 heteroatoms. The summed E-state index contributed by atoms with van der Waals surface area (Å²) in [6, 6.07) is 17.0. The Kier molecular flexibility index (Phi) is 5.76. The molecule has 1 unspecified atom stereocenters. The van der Waals surface area contributed by atoms with E-state index in [1.807, 2.05) is 48.5 Å². The lowest BCUT2D eigenvalue weighted by molar-refractivity contribution is -0.121. The van der Waals surface area contributed by atoms with E-state index in [1.165, 1.54) is 6.33 Å². The normalized spacial score (nSPS) is 11.7. The van der Waals surface area contributed by atoms with Gasteiger partial charge in [0.05, 0.1) is 5.92 Å². The fourth-order valence-electron chi connectivity index (χ4n) is 2.53. The van der Waals surface area contributed by atoms with Crippen molar-refractivity contribution in [2.45, 2.75) is 6.42 Å². The smallest absolute Gasteiger partial charge is 0.226 e. The van der Waals surface area contributed by atoms with Crippen molar-refractivity contribution in [1.82, 2.24) is 15.0 Å². The molecule has 3 aromatic rings. The molecule has 1 atom stereocenters. The molecule has 1 aromatic heterocycles. The van der Waals surface area contributed by atoms with Crippen LogP contribution in [0.5, 0.6) is 0 Å². The molecular weight excluding hydrogens is 350 g/mol. The molecule has 0 spiro atoms. The lowest BCUT2D eigenvalue weighted by Gasteiger charge is -2.15. The first-order chi connectivity index (χ1) is 12.6. The Morgan fingerprint density at radius 2 is 1.81 bits per heavy atom. The van der Waals surface area contributed by atoms with Crippen LogP contribution in [0.3, 0.4) is 0 Å². The number of nitrogens with two attached hydrogens (primary N) is 1. The zero-order valence-electron chi connectivity index (χ0n) is 14.0. The number of benzene rings is 2. The van der Waals surface area contributed by atoms with Crippen molar-refractivity contribution >= 4 is 23.5 Å². The minimum atomic E-state index is -0.438. The van der Waals surface area contributed by atoms with Crippen molar-refractivity contribution in [3.05, 3.63) is 71.5 Å². The van der Waals surface area contributed by atoms with Gasteiger partial charge in [0.2, 0.25) is 11.9 Å². The number of rotatable bonds is 7. The minimum Gasteiger partial charge on any atom is -0.369 e. The number of nitrogens with zero attached hydrogens (tertiary/aromatic N) is 3. The second kappa shape index (κ2) is 8.40. The van der Waals surface area contributed by atoms with Gasteiger partial charge in [-0.15, -0.1) is 0 Å². The molecule has 2 aromatic carbocycles. The van der Waals surface area contributed by atoms with Crippen LogP contribution in [0.2, 0.25) is 5.02 Å². The molecule has 0 aliphatic carbocycles. The van der Waals surface area contributed by atoms with Gasteiger partial charge in [-0.3, -0.25) is 4.79 Å². The van der Waals surface area contributed by atoms with E-state index in [1.54, 1.807) is 6.07 Å². The van der Waals surface area contributed by atoms with Gasteiger partial charge in [0.1, 0.15) is 6.33 Å². The van der Waals surface area contributed by atoms with Crippen LogP contribution in [0, 0.1) is 5.92 Å². The second-order valence-electron chi connectivity index (χ2n) is 5.77. The summed E-state index contributed by atoms with van der Waals surface area (Å²) in [6.45, 7) is 0.304. The number of carbonyl (C=O) groups excluding carboxylic acids is 1. The summed E-state index contributed by atoms with van der Waals surface area (Å²) in [5, 5.41) is 3.69. The highest BCUT2D eigenvalue weighted by atomic mass is 35.5. The fourth-order valence-corrected chi connectivity index (χ4v) is 2.74. The van der Waals surface area contributed by atoms with Gasteiger partial charge in [0.15, 0.2) is 5.82 Å². The van der Waals surface area contributed by atoms with Crippen LogP contribution in [0.1, 0.15) is 5.56 Å². The van der Waals surface area contributed by atoms with E-state index in [0.29, 0.717) is 29.8 Å². The first-order valence-electron chi connectivity index (χ1n) is 8.14. The summed E-state index contributed by atoms with van der Waals surface area (Å²) in [5.74, 6) is 0.107. The summed E-state index contributed by atoms with van der Waals surface area (Å²) < 4.78 is 0. The molecule has 0 fully saturated rings. The number of nitrogens with one attached hydrogen (secondary N) is 1. The quantitative estimate of drug-likeness (QED) is 0.669. The van der Waals surface area contributed by atoms with Crippen LogP contribution in [0.25, 0.3) is 11.4 Å². The molecule has 132 valence electrons. The van der Waals surface area contributed by atoms with E-state index in [9.17, 15) is 4.79 Å². The minimum absolute atomic E-state index is 0.304. The lowest BCUT2D eigenvalue weighted by atomic mass is 9.98. The van der Waals surface area contributed by atoms with Crippen LogP contribution >= 0.6 is 11.6 Å². The second-order valence-corrected chi connectivity index (χ2v) is 6.18. The maximum atomic E-state index is 11.8. The van der Waals surface area contributed by atoms with Crippen LogP contribution in [0.15, 0.2) is 60.9 Å². The Labute approximate surface area is 156 Å². The van der Waals surface area contributed by atoms with Gasteiger partial charge in [0, 0.05) is 17.1 Å². The molecule has 0 aliphatic heterocycles. The number of aromatic nitrogens is 3. The summed E-state index contributed by atoms with van der Waals surface area (Å²) >= 11 is 6.17. The molecule has 1 amide bonds. The third-order valence-electron chi connectivity index (χ3n) is 3.94. The van der Waals surface area contributed by atoms with Crippen molar-refractivity contribution in [2.75, 3.05) is 11.9 Å². The maximum Gasteiger partial charge on any atom is 0.226 e. The van der Waals surface area contributed by atoms with Gasteiger partial charge in [-0.2, -0.15) is 4.98 Å². The van der Waals surface area contributed by atoms with Gasteiger partial charge in [0.25, 0.3) is 0 Å². The molecule has 0 saturated carbocycles. The molecule has 3 rings (SSSR count). The van der Waals surface area contributed by atoms with Gasteiger partial charge in [-0.05, 0) is 18.1 Å². The third kappa shape index (κ3) is 4.55. The maximum absolute atomic E-state index is 11.8. The van der Waals surface area contributed by atoms with E-state index < -0.39 is 11.8 Å². The Morgan fingerprint density at radius 1 is 1.08 bits per heavy atom. The van der Waals surface area contributed by atoms with Crippen LogP contribution in [-0.2, 0) is 11.2 Å². The molecule has 3 N–H and O–H groups in total. The van der Waals surface area contributed by atoms with Crippen LogP contribution in [-0.4, -0.2) is 27.4 Å². The molecule has 0 bridgehead atoms. The summed E-state index contributed by atoms with van der Waals surface area (Å²) in [5.41, 5.74) is 7.31. The first-order valence-corrected chi connectivity index (χ1v) is 8.52. The number of amides is 1. The predicted molar refractivity (Wildman–Crippen MR) is 102 cm³/mol. The van der Waals surface area contributed by atoms with Crippen molar-refractivity contribution in [1.29, 1.82) is 0 Å². The van der Waals surface area contributed by atoms with E-state index >= 15 is 0 Å². The Bertz CT molecular complexity index is 888. The number of primary amides is 1. The third-order valence-corrected chi connectivity index (χ3v) is 4.31. The zero-order chi connectivity index (χ0) is 18.4. The van der Waals surface area contributed by atoms with Gasteiger partial charge < -0.3 is 11.1 Å². The van der Waals surface area contributed by atoms with Crippen molar-refractivity contribution in [3.8, 4) is 11.4 Å². The number of carbonyl (C=O) groups is 1. The molecule has 1 heterocycles. The van der Waals surface area contributed by atoms with Crippen molar-refractivity contribution in [2.24, 2.45) is 11.7 Å². The first kappa shape index (κ1) is 17.8. The SMILES string of the molecule is NC(=O)C(CNc1ncnc(-c2ccccc2)n1)Cc1ccccc1Cl. The molecule has 6 nitrogen and oxygen atoms in total. The van der Waals surface area contributed by atoms with E-state index in [4.69, 9.17) is 17.3 Å². The van der Waals surface area contributed by atoms with Gasteiger partial charge in [-0.1, -0.05) is 60.1 Å². The lowest BCUT2D eigenvalue weighted by Crippen LogP contribution is -2.31. The predicted octanol–water partition coefficient (Wildman–Crippen LogP) is 2.95. The number of anilines is 1. The Hall–Kier alpha value is -2.99. The topological polar surface area (TPSA) is 93.8 Å². The standard InChI is InChI=1S/C19H18ClN5O/c20-16-9-5-4-8-14(16)10-15(17(21)26)11-22-19-24-12-23-18(25-19)13-6-2-1-3-7-13/h1-9,12,15H,10-11H2,(H2,21,26)(H,22,23,24,25). The number of hydrogen-bond acceptors (Lipinski definition) is 5. The van der Waals surface area contributed by atoms with E-state index in [2.05, 4.69) is 20.3 Å².